The van der Waals surface area contributed by atoms with Crippen molar-refractivity contribution in [2.45, 2.75) is 104 Å². The van der Waals surface area contributed by atoms with Crippen molar-refractivity contribution in [3.8, 4) is 0 Å². The molecule has 28 heavy (non-hydrogen) atoms. The van der Waals surface area contributed by atoms with E-state index in [4.69, 9.17) is 9.47 Å². The van der Waals surface area contributed by atoms with E-state index in [9.17, 15) is 4.79 Å². The molecule has 0 heterocycles. The Labute approximate surface area is 174 Å². The normalized spacial score (nSPS) is 13.1. The number of carbonyl (C=O) groups excluding carboxylic acids is 1. The van der Waals surface area contributed by atoms with Crippen LogP contribution >= 0.6 is 0 Å². The van der Waals surface area contributed by atoms with Gasteiger partial charge >= 0.3 is 5.97 Å². The monoisotopic (exact) mass is 392 g/mol. The second-order valence-electron chi connectivity index (χ2n) is 7.10. The van der Waals surface area contributed by atoms with Crippen molar-refractivity contribution in [1.82, 2.24) is 0 Å². The number of rotatable bonds is 19. The molecule has 0 spiro atoms. The van der Waals surface area contributed by atoms with E-state index in [0.717, 1.165) is 38.5 Å². The Hall–Kier alpha value is -1.35. The number of carbonyl (C=O) groups is 1. The Morgan fingerprint density at radius 2 is 1.39 bits per heavy atom. The summed E-state index contributed by atoms with van der Waals surface area (Å²) in [6.45, 7) is 7.11. The maximum atomic E-state index is 11.9. The molecular formula is C25H44O3. The Morgan fingerprint density at radius 1 is 0.786 bits per heavy atom. The molecule has 0 saturated carbocycles. The van der Waals surface area contributed by atoms with Gasteiger partial charge in [0.1, 0.15) is 0 Å². The van der Waals surface area contributed by atoms with Gasteiger partial charge in [-0.1, -0.05) is 82.4 Å². The van der Waals surface area contributed by atoms with Crippen LogP contribution in [0.5, 0.6) is 0 Å². The average molecular weight is 393 g/mol. The summed E-state index contributed by atoms with van der Waals surface area (Å²) in [7, 11) is 0. The van der Waals surface area contributed by atoms with Gasteiger partial charge in [-0.15, -0.1) is 0 Å². The van der Waals surface area contributed by atoms with Gasteiger partial charge in [0.25, 0.3) is 0 Å². The maximum absolute atomic E-state index is 11.9. The van der Waals surface area contributed by atoms with Crippen LogP contribution in [0.2, 0.25) is 0 Å². The van der Waals surface area contributed by atoms with Gasteiger partial charge in [0.15, 0.2) is 6.10 Å². The van der Waals surface area contributed by atoms with Crippen LogP contribution in [0.4, 0.5) is 0 Å². The Balaban J connectivity index is 3.58. The molecule has 0 aliphatic rings. The summed E-state index contributed by atoms with van der Waals surface area (Å²) in [6, 6.07) is 0. The van der Waals surface area contributed by atoms with Crippen LogP contribution in [0.1, 0.15) is 97.8 Å². The highest BCUT2D eigenvalue weighted by Crippen LogP contribution is 2.13. The third-order valence-electron chi connectivity index (χ3n) is 4.44. The van der Waals surface area contributed by atoms with E-state index in [1.807, 2.05) is 6.92 Å². The molecule has 0 aromatic heterocycles. The minimum absolute atomic E-state index is 0.199. The summed E-state index contributed by atoms with van der Waals surface area (Å²) in [4.78, 5) is 11.9. The van der Waals surface area contributed by atoms with Crippen LogP contribution in [-0.2, 0) is 14.3 Å². The molecule has 162 valence electrons. The summed E-state index contributed by atoms with van der Waals surface area (Å²) in [5, 5.41) is 0. The Morgan fingerprint density at radius 3 is 2.04 bits per heavy atom. The lowest BCUT2D eigenvalue weighted by Crippen LogP contribution is -2.27. The summed E-state index contributed by atoms with van der Waals surface area (Å²) in [5.41, 5.74) is 0. The van der Waals surface area contributed by atoms with Gasteiger partial charge in [-0.25, -0.2) is 4.79 Å². The largest absolute Gasteiger partial charge is 0.464 e. The summed E-state index contributed by atoms with van der Waals surface area (Å²) >= 11 is 0. The SMILES string of the molecule is CC/C=C\C/C=C\C/C=C\CCCCCCCCC(OCCC)C(=O)OCC. The highest BCUT2D eigenvalue weighted by atomic mass is 16.6. The van der Waals surface area contributed by atoms with Crippen LogP contribution in [0.15, 0.2) is 36.5 Å². The van der Waals surface area contributed by atoms with E-state index in [0.29, 0.717) is 13.2 Å². The zero-order valence-corrected chi connectivity index (χ0v) is 18.7. The van der Waals surface area contributed by atoms with Crippen molar-refractivity contribution in [2.75, 3.05) is 13.2 Å². The van der Waals surface area contributed by atoms with Crippen molar-refractivity contribution in [3.05, 3.63) is 36.5 Å². The number of hydrogen-bond donors (Lipinski definition) is 0. The first kappa shape index (κ1) is 26.6. The number of esters is 1. The highest BCUT2D eigenvalue weighted by molar-refractivity contribution is 5.74. The molecule has 1 atom stereocenters. The van der Waals surface area contributed by atoms with Crippen LogP contribution in [-0.4, -0.2) is 25.3 Å². The minimum atomic E-state index is -0.373. The molecule has 0 N–H and O–H groups in total. The first-order valence-corrected chi connectivity index (χ1v) is 11.5. The molecule has 0 aromatic carbocycles. The van der Waals surface area contributed by atoms with Gasteiger partial charge in [-0.2, -0.15) is 0 Å². The molecule has 0 bridgehead atoms. The lowest BCUT2D eigenvalue weighted by molar-refractivity contribution is -0.157. The van der Waals surface area contributed by atoms with Gasteiger partial charge in [-0.05, 0) is 51.9 Å². The number of ether oxygens (including phenoxy) is 2. The van der Waals surface area contributed by atoms with E-state index in [2.05, 4.69) is 50.3 Å². The van der Waals surface area contributed by atoms with Crippen LogP contribution in [0.3, 0.4) is 0 Å². The van der Waals surface area contributed by atoms with E-state index < -0.39 is 0 Å². The van der Waals surface area contributed by atoms with Crippen molar-refractivity contribution in [1.29, 1.82) is 0 Å². The minimum Gasteiger partial charge on any atom is -0.464 e. The second-order valence-corrected chi connectivity index (χ2v) is 7.10. The fraction of sp³-hybridized carbons (Fsp3) is 0.720. The average Bonchev–Trinajstić information content (AvgIpc) is 2.70. The lowest BCUT2D eigenvalue weighted by Gasteiger charge is -2.15. The summed E-state index contributed by atoms with van der Waals surface area (Å²) in [6.07, 6.45) is 26.5. The maximum Gasteiger partial charge on any atom is 0.335 e. The van der Waals surface area contributed by atoms with Crippen molar-refractivity contribution in [2.24, 2.45) is 0 Å². The van der Waals surface area contributed by atoms with Crippen LogP contribution in [0.25, 0.3) is 0 Å². The van der Waals surface area contributed by atoms with Gasteiger partial charge < -0.3 is 9.47 Å². The standard InChI is InChI=1S/C25H44O3/c1-4-7-8-9-10-11-12-13-14-15-16-17-18-19-20-21-22-24(28-23-5-2)25(26)27-6-3/h7-8,10-11,13-14,24H,4-6,9,12,15-23H2,1-3H3/b8-7-,11-10-,14-13-. The second kappa shape index (κ2) is 21.9. The molecule has 0 aliphatic carbocycles. The molecule has 0 radical (unpaired) electrons. The topological polar surface area (TPSA) is 35.5 Å². The fourth-order valence-corrected chi connectivity index (χ4v) is 2.89. The van der Waals surface area contributed by atoms with E-state index in [-0.39, 0.29) is 12.1 Å². The van der Waals surface area contributed by atoms with E-state index >= 15 is 0 Å². The van der Waals surface area contributed by atoms with Crippen molar-refractivity contribution in [3.63, 3.8) is 0 Å². The predicted octanol–water partition coefficient (Wildman–Crippen LogP) is 7.32. The number of unbranched alkanes of at least 4 members (excludes halogenated alkanes) is 6. The quantitative estimate of drug-likeness (QED) is 0.131. The van der Waals surface area contributed by atoms with E-state index in [1.54, 1.807) is 0 Å². The van der Waals surface area contributed by atoms with Gasteiger partial charge in [0, 0.05) is 6.61 Å². The smallest absolute Gasteiger partial charge is 0.335 e. The zero-order valence-electron chi connectivity index (χ0n) is 18.7. The first-order chi connectivity index (χ1) is 13.8. The zero-order chi connectivity index (χ0) is 20.7. The van der Waals surface area contributed by atoms with Gasteiger partial charge in [-0.3, -0.25) is 0 Å². The molecule has 1 unspecified atom stereocenters. The molecule has 0 rings (SSSR count). The number of hydrogen-bond acceptors (Lipinski definition) is 3. The molecule has 3 heteroatoms. The third kappa shape index (κ3) is 18.0. The van der Waals surface area contributed by atoms with Crippen LogP contribution < -0.4 is 0 Å². The molecule has 3 nitrogen and oxygen atoms in total. The molecule has 0 amide bonds. The third-order valence-corrected chi connectivity index (χ3v) is 4.44. The van der Waals surface area contributed by atoms with Crippen molar-refractivity contribution < 1.29 is 14.3 Å². The lowest BCUT2D eigenvalue weighted by atomic mass is 10.1. The molecule has 0 aliphatic heterocycles. The van der Waals surface area contributed by atoms with Gasteiger partial charge in [0.2, 0.25) is 0 Å². The van der Waals surface area contributed by atoms with Crippen LogP contribution in [0, 0.1) is 0 Å². The fourth-order valence-electron chi connectivity index (χ4n) is 2.89. The van der Waals surface area contributed by atoms with Gasteiger partial charge in [0.05, 0.1) is 6.61 Å². The Kier molecular flexibility index (Phi) is 20.9. The Bertz CT molecular complexity index is 424. The summed E-state index contributed by atoms with van der Waals surface area (Å²) in [5.74, 6) is -0.199. The first-order valence-electron chi connectivity index (χ1n) is 11.5. The van der Waals surface area contributed by atoms with Crippen molar-refractivity contribution >= 4 is 5.97 Å². The molecular weight excluding hydrogens is 348 g/mol. The van der Waals surface area contributed by atoms with E-state index in [1.165, 1.54) is 38.5 Å². The molecule has 0 aromatic rings. The molecule has 0 fully saturated rings. The number of allylic oxidation sites excluding steroid dienone is 6. The predicted molar refractivity (Wildman–Crippen MR) is 121 cm³/mol. The molecule has 0 saturated heterocycles. The highest BCUT2D eigenvalue weighted by Gasteiger charge is 2.19. The summed E-state index contributed by atoms with van der Waals surface area (Å²) < 4.78 is 10.7.